The van der Waals surface area contributed by atoms with Gasteiger partial charge in [0, 0.05) is 0 Å². The zero-order valence-electron chi connectivity index (χ0n) is 15.7. The third kappa shape index (κ3) is 3.38. The fourth-order valence-electron chi connectivity index (χ4n) is 3.80. The van der Waals surface area contributed by atoms with Gasteiger partial charge in [-0.1, -0.05) is 60.7 Å². The van der Waals surface area contributed by atoms with Crippen molar-refractivity contribution in [2.75, 3.05) is 6.54 Å². The van der Waals surface area contributed by atoms with Crippen LogP contribution in [0.5, 0.6) is 0 Å². The van der Waals surface area contributed by atoms with Crippen LogP contribution < -0.4 is 10.6 Å². The van der Waals surface area contributed by atoms with Crippen molar-refractivity contribution < 1.29 is 14.4 Å². The molecule has 1 aliphatic carbocycles. The van der Waals surface area contributed by atoms with E-state index in [1.807, 2.05) is 60.7 Å². The molecule has 2 aliphatic rings. The predicted molar refractivity (Wildman–Crippen MR) is 104 cm³/mol. The highest BCUT2D eigenvalue weighted by atomic mass is 16.2. The van der Waals surface area contributed by atoms with Gasteiger partial charge in [0.1, 0.15) is 12.1 Å². The van der Waals surface area contributed by atoms with Crippen molar-refractivity contribution in [2.45, 2.75) is 31.3 Å². The Hall–Kier alpha value is -3.15. The van der Waals surface area contributed by atoms with E-state index in [1.165, 1.54) is 0 Å². The molecule has 0 bridgehead atoms. The molecule has 28 heavy (non-hydrogen) atoms. The summed E-state index contributed by atoms with van der Waals surface area (Å²) in [6.07, 6.45) is 1.85. The van der Waals surface area contributed by atoms with Gasteiger partial charge in [-0.3, -0.25) is 14.5 Å². The van der Waals surface area contributed by atoms with Gasteiger partial charge in [-0.05, 0) is 36.8 Å². The molecule has 2 fully saturated rings. The molecule has 0 radical (unpaired) electrons. The van der Waals surface area contributed by atoms with Gasteiger partial charge < -0.3 is 10.6 Å². The number of hydrogen-bond donors (Lipinski definition) is 2. The molecule has 2 aromatic rings. The quantitative estimate of drug-likeness (QED) is 0.760. The Kier molecular flexibility index (Phi) is 4.63. The lowest BCUT2D eigenvalue weighted by molar-refractivity contribution is -0.135. The molecular formula is C22H23N3O3. The molecule has 0 spiro atoms. The second-order valence-corrected chi connectivity index (χ2v) is 7.62. The molecule has 6 nitrogen and oxygen atoms in total. The summed E-state index contributed by atoms with van der Waals surface area (Å²) >= 11 is 0. The minimum Gasteiger partial charge on any atom is -0.344 e. The summed E-state index contributed by atoms with van der Waals surface area (Å²) in [4.78, 5) is 38.8. The number of benzene rings is 2. The van der Waals surface area contributed by atoms with Gasteiger partial charge in [0.15, 0.2) is 0 Å². The number of carbonyl (C=O) groups excluding carboxylic acids is 3. The lowest BCUT2D eigenvalue weighted by atomic mass is 9.96. The van der Waals surface area contributed by atoms with Crippen molar-refractivity contribution >= 4 is 17.8 Å². The zero-order chi connectivity index (χ0) is 19.7. The lowest BCUT2D eigenvalue weighted by Gasteiger charge is -2.22. The van der Waals surface area contributed by atoms with Gasteiger partial charge >= 0.3 is 6.03 Å². The molecule has 0 unspecified atom stereocenters. The maximum absolute atomic E-state index is 12.8. The van der Waals surface area contributed by atoms with Crippen LogP contribution in [0.1, 0.15) is 36.9 Å². The van der Waals surface area contributed by atoms with Crippen LogP contribution in [0, 0.1) is 5.92 Å². The van der Waals surface area contributed by atoms with Crippen LogP contribution in [0.15, 0.2) is 60.7 Å². The summed E-state index contributed by atoms with van der Waals surface area (Å²) in [6.45, 7) is 1.46. The number of nitrogens with zero attached hydrogens (tertiary/aromatic N) is 1. The minimum absolute atomic E-state index is 0.165. The first-order valence-corrected chi connectivity index (χ1v) is 9.52. The van der Waals surface area contributed by atoms with Gasteiger partial charge in [-0.25, -0.2) is 4.79 Å². The average molecular weight is 377 g/mol. The zero-order valence-corrected chi connectivity index (χ0v) is 15.7. The number of imide groups is 1. The van der Waals surface area contributed by atoms with Crippen LogP contribution in [0.4, 0.5) is 4.79 Å². The van der Waals surface area contributed by atoms with Crippen LogP contribution in [-0.4, -0.2) is 34.8 Å². The normalized spacial score (nSPS) is 21.7. The highest BCUT2D eigenvalue weighted by Gasteiger charge is 2.56. The molecule has 1 heterocycles. The number of nitrogens with one attached hydrogen (secondary N) is 2. The van der Waals surface area contributed by atoms with Crippen LogP contribution in [0.2, 0.25) is 0 Å². The Morgan fingerprint density at radius 3 is 2.11 bits per heavy atom. The van der Waals surface area contributed by atoms with E-state index in [0.29, 0.717) is 0 Å². The molecule has 1 atom stereocenters. The number of urea groups is 1. The van der Waals surface area contributed by atoms with Crippen molar-refractivity contribution in [3.8, 4) is 0 Å². The number of rotatable bonds is 6. The van der Waals surface area contributed by atoms with Crippen molar-refractivity contribution in [1.29, 1.82) is 0 Å². The van der Waals surface area contributed by atoms with Crippen molar-refractivity contribution in [2.24, 2.45) is 5.92 Å². The van der Waals surface area contributed by atoms with E-state index in [4.69, 9.17) is 0 Å². The van der Waals surface area contributed by atoms with E-state index in [1.54, 1.807) is 6.92 Å². The van der Waals surface area contributed by atoms with Gasteiger partial charge in [-0.15, -0.1) is 0 Å². The maximum Gasteiger partial charge on any atom is 0.325 e. The summed E-state index contributed by atoms with van der Waals surface area (Å²) in [5, 5.41) is 5.75. The molecule has 2 aromatic carbocycles. The van der Waals surface area contributed by atoms with Gasteiger partial charge in [0.2, 0.25) is 5.91 Å². The lowest BCUT2D eigenvalue weighted by Crippen LogP contribution is -2.47. The smallest absolute Gasteiger partial charge is 0.325 e. The molecule has 2 N–H and O–H groups in total. The Morgan fingerprint density at radius 2 is 1.61 bits per heavy atom. The molecule has 1 aliphatic heterocycles. The summed E-state index contributed by atoms with van der Waals surface area (Å²) in [7, 11) is 0. The average Bonchev–Trinajstić information content (AvgIpc) is 3.54. The Bertz CT molecular complexity index is 856. The monoisotopic (exact) mass is 377 g/mol. The first kappa shape index (κ1) is 18.2. The molecule has 144 valence electrons. The molecule has 1 saturated carbocycles. The van der Waals surface area contributed by atoms with Crippen LogP contribution in [0.25, 0.3) is 0 Å². The largest absolute Gasteiger partial charge is 0.344 e. The summed E-state index contributed by atoms with van der Waals surface area (Å²) in [5.74, 6) is -0.522. The third-order valence-corrected chi connectivity index (χ3v) is 5.57. The predicted octanol–water partition coefficient (Wildman–Crippen LogP) is 2.61. The second-order valence-electron chi connectivity index (χ2n) is 7.62. The molecule has 4 rings (SSSR count). The van der Waals surface area contributed by atoms with Crippen molar-refractivity contribution in [3.63, 3.8) is 0 Å². The van der Waals surface area contributed by atoms with Crippen molar-refractivity contribution in [1.82, 2.24) is 15.5 Å². The van der Waals surface area contributed by atoms with Crippen LogP contribution >= 0.6 is 0 Å². The summed E-state index contributed by atoms with van der Waals surface area (Å²) in [6, 6.07) is 18.4. The first-order chi connectivity index (χ1) is 13.5. The Balaban J connectivity index is 1.51. The Labute approximate surface area is 163 Å². The third-order valence-electron chi connectivity index (χ3n) is 5.57. The molecule has 6 heteroatoms. The SMILES string of the molecule is C[C@@]1(C2CC2)NC(=O)N(CC(=O)NC(c2ccccc2)c2ccccc2)C1=O. The fraction of sp³-hybridized carbons (Fsp3) is 0.318. The van der Waals surface area contributed by atoms with Crippen LogP contribution in [-0.2, 0) is 9.59 Å². The molecular weight excluding hydrogens is 354 g/mol. The fourth-order valence-corrected chi connectivity index (χ4v) is 3.80. The van der Waals surface area contributed by atoms with Gasteiger partial charge in [0.25, 0.3) is 5.91 Å². The molecule has 1 saturated heterocycles. The highest BCUT2D eigenvalue weighted by molar-refractivity contribution is 6.09. The highest BCUT2D eigenvalue weighted by Crippen LogP contribution is 2.42. The maximum atomic E-state index is 12.8. The van der Waals surface area contributed by atoms with E-state index in [2.05, 4.69) is 10.6 Å². The van der Waals surface area contributed by atoms with Crippen LogP contribution in [0.3, 0.4) is 0 Å². The number of amides is 4. The summed E-state index contributed by atoms with van der Waals surface area (Å²) < 4.78 is 0. The number of carbonyl (C=O) groups is 3. The summed E-state index contributed by atoms with van der Waals surface area (Å²) in [5.41, 5.74) is 0.986. The topological polar surface area (TPSA) is 78.5 Å². The molecule has 4 amide bonds. The molecule has 0 aromatic heterocycles. The van der Waals surface area contributed by atoms with E-state index in [9.17, 15) is 14.4 Å². The van der Waals surface area contributed by atoms with E-state index in [-0.39, 0.29) is 30.3 Å². The standard InChI is InChI=1S/C22H23N3O3/c1-22(17-12-13-17)20(27)25(21(28)24-22)14-18(26)23-19(15-8-4-2-5-9-15)16-10-6-3-7-11-16/h2-11,17,19H,12-14H2,1H3,(H,23,26)(H,24,28)/t22-/m0/s1. The minimum atomic E-state index is -0.879. The second kappa shape index (κ2) is 7.11. The van der Waals surface area contributed by atoms with Gasteiger partial charge in [0.05, 0.1) is 6.04 Å². The van der Waals surface area contributed by atoms with Gasteiger partial charge in [-0.2, -0.15) is 0 Å². The van der Waals surface area contributed by atoms with E-state index < -0.39 is 11.6 Å². The first-order valence-electron chi connectivity index (χ1n) is 9.52. The van der Waals surface area contributed by atoms with Crippen molar-refractivity contribution in [3.05, 3.63) is 71.8 Å². The van der Waals surface area contributed by atoms with E-state index >= 15 is 0 Å². The van der Waals surface area contributed by atoms with E-state index in [0.717, 1.165) is 28.9 Å². The Morgan fingerprint density at radius 1 is 1.07 bits per heavy atom. The number of hydrogen-bond acceptors (Lipinski definition) is 3.